The number of hydrogen-bond acceptors (Lipinski definition) is 5. The minimum Gasteiger partial charge on any atom is -0.491 e. The second kappa shape index (κ2) is 14.8. The molecule has 0 aliphatic carbocycles. The normalized spacial score (nSPS) is 17.1. The molecule has 29 heavy (non-hydrogen) atoms. The van der Waals surface area contributed by atoms with Crippen LogP contribution >= 0.6 is 24.0 Å². The SMILES string of the molecule is CN=C(NCc1ccc(C)cc1OCCOC)NCC1CCCN1CCOC.I. The molecule has 0 amide bonds. The Bertz CT molecular complexity index is 616. The average Bonchev–Trinajstić information content (AvgIpc) is 3.15. The highest BCUT2D eigenvalue weighted by Crippen LogP contribution is 2.20. The maximum Gasteiger partial charge on any atom is 0.191 e. The molecule has 7 nitrogen and oxygen atoms in total. The summed E-state index contributed by atoms with van der Waals surface area (Å²) < 4.78 is 16.2. The third-order valence-electron chi connectivity index (χ3n) is 5.02. The van der Waals surface area contributed by atoms with E-state index < -0.39 is 0 Å². The van der Waals surface area contributed by atoms with Crippen LogP contribution < -0.4 is 15.4 Å². The highest BCUT2D eigenvalue weighted by atomic mass is 127. The first kappa shape index (κ1) is 25.9. The van der Waals surface area contributed by atoms with E-state index in [1.54, 1.807) is 21.3 Å². The summed E-state index contributed by atoms with van der Waals surface area (Å²) in [6, 6.07) is 6.79. The lowest BCUT2D eigenvalue weighted by Gasteiger charge is -2.25. The second-order valence-electron chi connectivity index (χ2n) is 7.08. The van der Waals surface area contributed by atoms with Gasteiger partial charge in [-0.3, -0.25) is 9.89 Å². The Morgan fingerprint density at radius 3 is 2.69 bits per heavy atom. The van der Waals surface area contributed by atoms with Crippen molar-refractivity contribution in [1.29, 1.82) is 0 Å². The first-order valence-corrected chi connectivity index (χ1v) is 10.1. The van der Waals surface area contributed by atoms with E-state index >= 15 is 0 Å². The van der Waals surface area contributed by atoms with Crippen molar-refractivity contribution in [3.63, 3.8) is 0 Å². The van der Waals surface area contributed by atoms with Gasteiger partial charge in [0, 0.05) is 52.5 Å². The molecule has 2 rings (SSSR count). The summed E-state index contributed by atoms with van der Waals surface area (Å²) in [5.74, 6) is 1.70. The van der Waals surface area contributed by atoms with E-state index in [1.165, 1.54) is 18.4 Å². The van der Waals surface area contributed by atoms with Gasteiger partial charge in [0.25, 0.3) is 0 Å². The molecule has 1 aliphatic rings. The van der Waals surface area contributed by atoms with Crippen molar-refractivity contribution in [2.75, 3.05) is 60.7 Å². The smallest absolute Gasteiger partial charge is 0.191 e. The van der Waals surface area contributed by atoms with Crippen LogP contribution in [0.15, 0.2) is 23.2 Å². The molecule has 0 saturated carbocycles. The van der Waals surface area contributed by atoms with Crippen LogP contribution in [0.5, 0.6) is 5.75 Å². The van der Waals surface area contributed by atoms with Crippen LogP contribution in [0.4, 0.5) is 0 Å². The first-order valence-electron chi connectivity index (χ1n) is 10.1. The van der Waals surface area contributed by atoms with Crippen molar-refractivity contribution in [1.82, 2.24) is 15.5 Å². The topological polar surface area (TPSA) is 67.4 Å². The summed E-state index contributed by atoms with van der Waals surface area (Å²) in [4.78, 5) is 6.86. The zero-order valence-electron chi connectivity index (χ0n) is 18.2. The van der Waals surface area contributed by atoms with Crippen LogP contribution in [0.2, 0.25) is 0 Å². The molecule has 1 fully saturated rings. The number of benzene rings is 1. The van der Waals surface area contributed by atoms with E-state index in [2.05, 4.69) is 45.6 Å². The van der Waals surface area contributed by atoms with Gasteiger partial charge in [-0.15, -0.1) is 24.0 Å². The number of methoxy groups -OCH3 is 2. The summed E-state index contributed by atoms with van der Waals surface area (Å²) in [5, 5.41) is 6.87. The molecule has 0 bridgehead atoms. The molecule has 1 aliphatic heterocycles. The van der Waals surface area contributed by atoms with Gasteiger partial charge in [0.2, 0.25) is 0 Å². The maximum atomic E-state index is 5.87. The van der Waals surface area contributed by atoms with Gasteiger partial charge in [-0.1, -0.05) is 12.1 Å². The highest BCUT2D eigenvalue weighted by molar-refractivity contribution is 14.0. The largest absolute Gasteiger partial charge is 0.491 e. The van der Waals surface area contributed by atoms with Crippen LogP contribution in [0.25, 0.3) is 0 Å². The minimum absolute atomic E-state index is 0. The molecular weight excluding hydrogens is 483 g/mol. The number of ether oxygens (including phenoxy) is 3. The molecule has 1 heterocycles. The fraction of sp³-hybridized carbons (Fsp3) is 0.667. The summed E-state index contributed by atoms with van der Waals surface area (Å²) in [6.07, 6.45) is 2.46. The van der Waals surface area contributed by atoms with Gasteiger partial charge in [-0.25, -0.2) is 0 Å². The minimum atomic E-state index is 0. The van der Waals surface area contributed by atoms with Crippen molar-refractivity contribution < 1.29 is 14.2 Å². The molecule has 0 aromatic heterocycles. The number of aryl methyl sites for hydroxylation is 1. The number of likely N-dealkylation sites (tertiary alicyclic amines) is 1. The zero-order valence-corrected chi connectivity index (χ0v) is 20.5. The maximum absolute atomic E-state index is 5.87. The third-order valence-corrected chi connectivity index (χ3v) is 5.02. The molecule has 0 spiro atoms. The Morgan fingerprint density at radius 2 is 1.97 bits per heavy atom. The predicted octanol–water partition coefficient (Wildman–Crippen LogP) is 2.41. The van der Waals surface area contributed by atoms with Gasteiger partial charge in [0.05, 0.1) is 13.2 Å². The van der Waals surface area contributed by atoms with Gasteiger partial charge >= 0.3 is 0 Å². The summed E-state index contributed by atoms with van der Waals surface area (Å²) in [7, 11) is 5.24. The van der Waals surface area contributed by atoms with Gasteiger partial charge in [-0.05, 0) is 37.9 Å². The molecule has 166 valence electrons. The number of aliphatic imine (C=N–C) groups is 1. The number of hydrogen-bond donors (Lipinski definition) is 2. The molecule has 8 heteroatoms. The van der Waals surface area contributed by atoms with Crippen molar-refractivity contribution in [2.24, 2.45) is 4.99 Å². The fourth-order valence-electron chi connectivity index (χ4n) is 3.42. The summed E-state index contributed by atoms with van der Waals surface area (Å²) >= 11 is 0. The number of nitrogens with zero attached hydrogens (tertiary/aromatic N) is 2. The molecular formula is C21H37IN4O3. The van der Waals surface area contributed by atoms with Crippen LogP contribution in [-0.2, 0) is 16.0 Å². The third kappa shape index (κ3) is 9.06. The van der Waals surface area contributed by atoms with Crippen molar-refractivity contribution in [3.05, 3.63) is 29.3 Å². The lowest BCUT2D eigenvalue weighted by Crippen LogP contribution is -2.45. The van der Waals surface area contributed by atoms with Crippen molar-refractivity contribution in [2.45, 2.75) is 32.4 Å². The Morgan fingerprint density at radius 1 is 1.17 bits per heavy atom. The van der Waals surface area contributed by atoms with Gasteiger partial charge in [-0.2, -0.15) is 0 Å². The summed E-state index contributed by atoms with van der Waals surface area (Å²) in [6.45, 7) is 7.63. The summed E-state index contributed by atoms with van der Waals surface area (Å²) in [5.41, 5.74) is 2.28. The molecule has 1 saturated heterocycles. The van der Waals surface area contributed by atoms with E-state index in [-0.39, 0.29) is 24.0 Å². The highest BCUT2D eigenvalue weighted by Gasteiger charge is 2.23. The second-order valence-corrected chi connectivity index (χ2v) is 7.08. The van der Waals surface area contributed by atoms with Crippen molar-refractivity contribution in [3.8, 4) is 5.75 Å². The van der Waals surface area contributed by atoms with Crippen molar-refractivity contribution >= 4 is 29.9 Å². The molecule has 1 unspecified atom stereocenters. The van der Waals surface area contributed by atoms with Crippen LogP contribution in [0, 0.1) is 6.92 Å². The van der Waals surface area contributed by atoms with E-state index in [0.29, 0.717) is 25.8 Å². The van der Waals surface area contributed by atoms with Crippen LogP contribution in [0.1, 0.15) is 24.0 Å². The number of rotatable bonds is 11. The molecule has 1 aromatic rings. The molecule has 0 radical (unpaired) electrons. The molecule has 1 aromatic carbocycles. The zero-order chi connectivity index (χ0) is 20.2. The Balaban J connectivity index is 0.00000420. The lowest BCUT2D eigenvalue weighted by molar-refractivity contribution is 0.141. The van der Waals surface area contributed by atoms with E-state index in [4.69, 9.17) is 14.2 Å². The lowest BCUT2D eigenvalue weighted by atomic mass is 10.1. The quantitative estimate of drug-likeness (QED) is 0.202. The Kier molecular flexibility index (Phi) is 13.2. The number of nitrogens with one attached hydrogen (secondary N) is 2. The van der Waals surface area contributed by atoms with Crippen LogP contribution in [-0.4, -0.2) is 77.6 Å². The van der Waals surface area contributed by atoms with E-state index in [0.717, 1.165) is 43.5 Å². The Labute approximate surface area is 192 Å². The molecule has 2 N–H and O–H groups in total. The predicted molar refractivity (Wildman–Crippen MR) is 129 cm³/mol. The monoisotopic (exact) mass is 520 g/mol. The first-order chi connectivity index (χ1) is 13.7. The standard InChI is InChI=1S/C21H36N4O3.HI/c1-17-7-8-18(20(14-17)28-13-12-27-4)15-23-21(22-2)24-16-19-6-5-9-25(19)10-11-26-3;/h7-8,14,19H,5-6,9-13,15-16H2,1-4H3,(H2,22,23,24);1H. The fourth-order valence-corrected chi connectivity index (χ4v) is 3.42. The molecule has 1 atom stereocenters. The Hall–Kier alpha value is -1.10. The van der Waals surface area contributed by atoms with Gasteiger partial charge in [0.1, 0.15) is 12.4 Å². The average molecular weight is 520 g/mol. The number of halogens is 1. The van der Waals surface area contributed by atoms with Gasteiger partial charge < -0.3 is 24.8 Å². The van der Waals surface area contributed by atoms with E-state index in [1.807, 2.05) is 0 Å². The number of guanidine groups is 1. The van der Waals surface area contributed by atoms with Gasteiger partial charge in [0.15, 0.2) is 5.96 Å². The van der Waals surface area contributed by atoms with Crippen LogP contribution in [0.3, 0.4) is 0 Å². The van der Waals surface area contributed by atoms with E-state index in [9.17, 15) is 0 Å².